The maximum Gasteiger partial charge on any atom is 0.407 e. The number of nitrogens with zero attached hydrogens (tertiary/aromatic N) is 1. The molecule has 214 valence electrons. The number of aliphatic hydroxyl groups excluding tert-OH is 2. The van der Waals surface area contributed by atoms with Crippen molar-refractivity contribution < 1.29 is 38.4 Å². The Bertz CT molecular complexity index is 1200. The van der Waals surface area contributed by atoms with Crippen LogP contribution in [0.1, 0.15) is 57.2 Å². The minimum Gasteiger partial charge on any atom is -0.463 e. The fraction of sp³-hybridized carbons (Fsp3) is 0.538. The second-order valence-corrected chi connectivity index (χ2v) is 9.27. The Hall–Kier alpha value is -3.55. The SMILES string of the molecule is CCCCCCCC(=O)OC[C@H]1O[C@@H](n2cc(F)c(=O)[nH]c2=O)[C@H](NC(=O)OCc2ccccc2)[C@H](O)[C@@H]1O. The first-order valence-corrected chi connectivity index (χ1v) is 12.9. The summed E-state index contributed by atoms with van der Waals surface area (Å²) in [6.07, 6.45) is -2.07. The van der Waals surface area contributed by atoms with Crippen molar-refractivity contribution in [2.75, 3.05) is 6.61 Å². The molecule has 3 rings (SSSR count). The van der Waals surface area contributed by atoms with Gasteiger partial charge in [-0.25, -0.2) is 9.59 Å². The predicted molar refractivity (Wildman–Crippen MR) is 135 cm³/mol. The number of alkyl carbamates (subject to hydrolysis) is 1. The number of benzene rings is 1. The number of hydrogen-bond donors (Lipinski definition) is 4. The number of esters is 1. The number of aliphatic hydroxyl groups is 2. The number of H-pyrrole nitrogens is 1. The Kier molecular flexibility index (Phi) is 11.2. The molecule has 1 aliphatic heterocycles. The van der Waals surface area contributed by atoms with Gasteiger partial charge < -0.3 is 29.7 Å². The molecule has 2 heterocycles. The van der Waals surface area contributed by atoms with E-state index in [1.54, 1.807) is 35.3 Å². The van der Waals surface area contributed by atoms with Crippen molar-refractivity contribution in [1.29, 1.82) is 0 Å². The fourth-order valence-corrected chi connectivity index (χ4v) is 4.15. The number of unbranched alkanes of at least 4 members (excludes halogenated alkanes) is 4. The molecular formula is C26H34FN3O9. The minimum absolute atomic E-state index is 0.117. The number of carbonyl (C=O) groups excluding carboxylic acids is 2. The molecule has 1 aromatic carbocycles. The van der Waals surface area contributed by atoms with Crippen molar-refractivity contribution in [3.8, 4) is 0 Å². The van der Waals surface area contributed by atoms with Crippen LogP contribution in [0.15, 0.2) is 46.1 Å². The molecule has 13 heteroatoms. The Balaban J connectivity index is 1.72. The summed E-state index contributed by atoms with van der Waals surface area (Å²) in [6.45, 7) is 1.48. The topological polar surface area (TPSA) is 169 Å². The molecule has 1 saturated heterocycles. The molecule has 0 bridgehead atoms. The fourth-order valence-electron chi connectivity index (χ4n) is 4.15. The molecule has 5 atom stereocenters. The number of aromatic nitrogens is 2. The second kappa shape index (κ2) is 14.6. The van der Waals surface area contributed by atoms with Gasteiger partial charge in [0.25, 0.3) is 5.56 Å². The van der Waals surface area contributed by atoms with Crippen molar-refractivity contribution in [3.05, 3.63) is 68.7 Å². The van der Waals surface area contributed by atoms with Gasteiger partial charge in [0, 0.05) is 6.42 Å². The van der Waals surface area contributed by atoms with E-state index in [1.165, 1.54) is 0 Å². The van der Waals surface area contributed by atoms with Gasteiger partial charge in [0.2, 0.25) is 5.82 Å². The maximum atomic E-state index is 14.1. The van der Waals surface area contributed by atoms with Gasteiger partial charge in [-0.3, -0.25) is 19.1 Å². The van der Waals surface area contributed by atoms with Gasteiger partial charge in [-0.15, -0.1) is 0 Å². The average Bonchev–Trinajstić information content (AvgIpc) is 2.92. The molecule has 1 amide bonds. The van der Waals surface area contributed by atoms with E-state index in [0.717, 1.165) is 25.7 Å². The third-order valence-electron chi connectivity index (χ3n) is 6.31. The van der Waals surface area contributed by atoms with Crippen molar-refractivity contribution in [3.63, 3.8) is 0 Å². The third kappa shape index (κ3) is 8.47. The number of ether oxygens (including phenoxy) is 3. The molecule has 1 fully saturated rings. The van der Waals surface area contributed by atoms with Gasteiger partial charge in [0.1, 0.15) is 37.6 Å². The van der Waals surface area contributed by atoms with Gasteiger partial charge in [0.15, 0.2) is 6.23 Å². The number of carbonyl (C=O) groups is 2. The highest BCUT2D eigenvalue weighted by atomic mass is 19.1. The summed E-state index contributed by atoms with van der Waals surface area (Å²) in [5, 5.41) is 23.9. The van der Waals surface area contributed by atoms with E-state index in [-0.39, 0.29) is 13.0 Å². The number of nitrogens with one attached hydrogen (secondary N) is 2. The first-order valence-electron chi connectivity index (χ1n) is 12.9. The first-order chi connectivity index (χ1) is 18.7. The second-order valence-electron chi connectivity index (χ2n) is 9.27. The predicted octanol–water partition coefficient (Wildman–Crippen LogP) is 1.49. The monoisotopic (exact) mass is 551 g/mol. The van der Waals surface area contributed by atoms with Crippen LogP contribution in [0.3, 0.4) is 0 Å². The van der Waals surface area contributed by atoms with Crippen LogP contribution in [-0.2, 0) is 25.6 Å². The van der Waals surface area contributed by atoms with Crippen molar-refractivity contribution in [2.24, 2.45) is 0 Å². The Morgan fingerprint density at radius 2 is 1.79 bits per heavy atom. The molecule has 0 unspecified atom stereocenters. The Morgan fingerprint density at radius 3 is 2.51 bits per heavy atom. The van der Waals surface area contributed by atoms with Crippen LogP contribution in [0.4, 0.5) is 9.18 Å². The number of hydrogen-bond acceptors (Lipinski definition) is 9. The summed E-state index contributed by atoms with van der Waals surface area (Å²) in [5.41, 5.74) is -1.69. The van der Waals surface area contributed by atoms with Crippen molar-refractivity contribution >= 4 is 12.1 Å². The standard InChI is InChI=1S/C26H34FN3O9/c1-2-3-4-5-9-12-19(31)37-15-18-21(32)22(33)20(28-26(36)38-14-16-10-7-6-8-11-16)24(39-18)30-13-17(27)23(34)29-25(30)35/h6-8,10-11,13,18,20-22,24,32-33H,2-5,9,12,14-15H2,1H3,(H,28,36)(H,29,34,35)/t18-,20-,21-,22+,24-/m1/s1. The lowest BCUT2D eigenvalue weighted by atomic mass is 9.96. The zero-order valence-electron chi connectivity index (χ0n) is 21.6. The highest BCUT2D eigenvalue weighted by Crippen LogP contribution is 2.28. The van der Waals surface area contributed by atoms with E-state index in [4.69, 9.17) is 14.2 Å². The third-order valence-corrected chi connectivity index (χ3v) is 6.31. The molecule has 0 saturated carbocycles. The molecule has 1 aromatic heterocycles. The highest BCUT2D eigenvalue weighted by Gasteiger charge is 2.47. The van der Waals surface area contributed by atoms with Crippen LogP contribution >= 0.6 is 0 Å². The lowest BCUT2D eigenvalue weighted by Gasteiger charge is -2.42. The summed E-state index contributed by atoms with van der Waals surface area (Å²) in [5.74, 6) is -1.86. The van der Waals surface area contributed by atoms with Gasteiger partial charge in [-0.2, -0.15) is 4.39 Å². The molecule has 12 nitrogen and oxygen atoms in total. The first kappa shape index (κ1) is 30.0. The molecule has 0 spiro atoms. The van der Waals surface area contributed by atoms with E-state index in [2.05, 4.69) is 12.2 Å². The summed E-state index contributed by atoms with van der Waals surface area (Å²) < 4.78 is 30.8. The van der Waals surface area contributed by atoms with Crippen molar-refractivity contribution in [2.45, 2.75) is 82.6 Å². The van der Waals surface area contributed by atoms with Gasteiger partial charge in [-0.05, 0) is 12.0 Å². The number of halogens is 1. The largest absolute Gasteiger partial charge is 0.463 e. The minimum atomic E-state index is -1.76. The summed E-state index contributed by atoms with van der Waals surface area (Å²) >= 11 is 0. The van der Waals surface area contributed by atoms with Gasteiger partial charge in [0.05, 0.1) is 6.20 Å². The van der Waals surface area contributed by atoms with Crippen LogP contribution in [0.25, 0.3) is 0 Å². The molecule has 0 aliphatic carbocycles. The molecule has 4 N–H and O–H groups in total. The number of rotatable bonds is 12. The van der Waals surface area contributed by atoms with Crippen LogP contribution in [-0.4, -0.2) is 62.8 Å². The van der Waals surface area contributed by atoms with Crippen LogP contribution in [0.5, 0.6) is 0 Å². The zero-order valence-corrected chi connectivity index (χ0v) is 21.6. The van der Waals surface area contributed by atoms with Crippen molar-refractivity contribution in [1.82, 2.24) is 14.9 Å². The van der Waals surface area contributed by atoms with Gasteiger partial charge >= 0.3 is 17.8 Å². The van der Waals surface area contributed by atoms with E-state index in [0.29, 0.717) is 22.7 Å². The Morgan fingerprint density at radius 1 is 1.08 bits per heavy atom. The average molecular weight is 552 g/mol. The summed E-state index contributed by atoms with van der Waals surface area (Å²) in [7, 11) is 0. The zero-order chi connectivity index (χ0) is 28.4. The van der Waals surface area contributed by atoms with Crippen LogP contribution in [0.2, 0.25) is 0 Å². The highest BCUT2D eigenvalue weighted by molar-refractivity contribution is 5.69. The molecule has 2 aromatic rings. The smallest absolute Gasteiger partial charge is 0.407 e. The molecule has 1 aliphatic rings. The maximum absolute atomic E-state index is 14.1. The summed E-state index contributed by atoms with van der Waals surface area (Å²) in [6, 6.07) is 7.21. The van der Waals surface area contributed by atoms with Crippen LogP contribution < -0.4 is 16.6 Å². The van der Waals surface area contributed by atoms with Crippen LogP contribution in [0, 0.1) is 5.82 Å². The van der Waals surface area contributed by atoms with E-state index in [1.807, 2.05) is 0 Å². The van der Waals surface area contributed by atoms with Gasteiger partial charge in [-0.1, -0.05) is 62.9 Å². The summed E-state index contributed by atoms with van der Waals surface area (Å²) in [4.78, 5) is 50.5. The molecular weight excluding hydrogens is 517 g/mol. The molecule has 0 radical (unpaired) electrons. The number of amides is 1. The number of aromatic amines is 1. The van der Waals surface area contributed by atoms with E-state index >= 15 is 0 Å². The Labute approximate surface area is 223 Å². The molecule has 39 heavy (non-hydrogen) atoms. The lowest BCUT2D eigenvalue weighted by Crippen LogP contribution is -2.63. The lowest BCUT2D eigenvalue weighted by molar-refractivity contribution is -0.220. The quantitative estimate of drug-likeness (QED) is 0.226. The normalized spacial score (nSPS) is 22.7. The van der Waals surface area contributed by atoms with E-state index in [9.17, 15) is 33.8 Å². The van der Waals surface area contributed by atoms with E-state index < -0.39 is 66.3 Å².